The van der Waals surface area contributed by atoms with Gasteiger partial charge in [0, 0.05) is 6.54 Å². The Bertz CT molecular complexity index is 299. The molecule has 0 spiro atoms. The molecule has 0 saturated heterocycles. The number of hydrogen-bond acceptors (Lipinski definition) is 2. The highest BCUT2D eigenvalue weighted by molar-refractivity contribution is 5.27. The van der Waals surface area contributed by atoms with Crippen molar-refractivity contribution in [2.24, 2.45) is 0 Å². The number of nitrogens with zero attached hydrogens (tertiary/aromatic N) is 1. The molecule has 0 amide bonds. The molecule has 1 rings (SSSR count). The number of hydrogen-bond donors (Lipinski definition) is 0. The van der Waals surface area contributed by atoms with E-state index in [1.807, 2.05) is 12.1 Å². The van der Waals surface area contributed by atoms with Crippen LogP contribution in [0.1, 0.15) is 25.3 Å². The fourth-order valence-electron chi connectivity index (χ4n) is 1.56. The molecule has 1 aromatic rings. The molecule has 16 heavy (non-hydrogen) atoms. The molecule has 0 aromatic heterocycles. The van der Waals surface area contributed by atoms with Crippen LogP contribution in [0.15, 0.2) is 24.3 Å². The first-order chi connectivity index (χ1) is 7.72. The maximum atomic E-state index is 5.70. The molecule has 0 heterocycles. The van der Waals surface area contributed by atoms with Gasteiger partial charge >= 0.3 is 0 Å². The Kier molecular flexibility index (Phi) is 5.94. The second kappa shape index (κ2) is 7.29. The smallest absolute Gasteiger partial charge is 0.119 e. The van der Waals surface area contributed by atoms with E-state index in [9.17, 15) is 0 Å². The summed E-state index contributed by atoms with van der Waals surface area (Å²) in [5, 5.41) is 0. The monoisotopic (exact) mass is 221 g/mol. The van der Waals surface area contributed by atoms with Crippen LogP contribution in [0.5, 0.6) is 5.75 Å². The minimum atomic E-state index is 0.768. The second-order valence-corrected chi connectivity index (χ2v) is 4.32. The predicted molar refractivity (Wildman–Crippen MR) is 69.1 cm³/mol. The summed E-state index contributed by atoms with van der Waals surface area (Å²) < 4.78 is 5.70. The van der Waals surface area contributed by atoms with Crippen molar-refractivity contribution in [3.05, 3.63) is 29.8 Å². The zero-order valence-electron chi connectivity index (χ0n) is 10.7. The molecule has 2 heteroatoms. The first kappa shape index (κ1) is 13.0. The SMILES string of the molecule is CCCCN(C)CCOc1cccc(C)c1. The van der Waals surface area contributed by atoms with E-state index in [-0.39, 0.29) is 0 Å². The molecular formula is C14H23NO. The first-order valence-electron chi connectivity index (χ1n) is 6.10. The molecule has 0 N–H and O–H groups in total. The van der Waals surface area contributed by atoms with Crippen LogP contribution in [0.25, 0.3) is 0 Å². The zero-order valence-corrected chi connectivity index (χ0v) is 10.7. The van der Waals surface area contributed by atoms with Gasteiger partial charge in [-0.2, -0.15) is 0 Å². The van der Waals surface area contributed by atoms with E-state index in [0.29, 0.717) is 0 Å². The number of rotatable bonds is 7. The molecule has 0 saturated carbocycles. The third kappa shape index (κ3) is 5.17. The van der Waals surface area contributed by atoms with Gasteiger partial charge in [0.15, 0.2) is 0 Å². The summed E-state index contributed by atoms with van der Waals surface area (Å²) in [4.78, 5) is 2.32. The summed E-state index contributed by atoms with van der Waals surface area (Å²) in [6.07, 6.45) is 2.52. The van der Waals surface area contributed by atoms with Crippen molar-refractivity contribution in [3.8, 4) is 5.75 Å². The molecule has 0 aliphatic carbocycles. The normalized spacial score (nSPS) is 10.8. The van der Waals surface area contributed by atoms with Gasteiger partial charge < -0.3 is 9.64 Å². The maximum absolute atomic E-state index is 5.70. The van der Waals surface area contributed by atoms with Crippen molar-refractivity contribution in [1.82, 2.24) is 4.90 Å². The fourth-order valence-corrected chi connectivity index (χ4v) is 1.56. The Balaban J connectivity index is 2.20. The van der Waals surface area contributed by atoms with Gasteiger partial charge in [0.25, 0.3) is 0 Å². The maximum Gasteiger partial charge on any atom is 0.119 e. The molecular weight excluding hydrogens is 198 g/mol. The highest BCUT2D eigenvalue weighted by atomic mass is 16.5. The van der Waals surface area contributed by atoms with E-state index in [0.717, 1.165) is 25.4 Å². The number of unbranched alkanes of at least 4 members (excludes halogenated alkanes) is 1. The zero-order chi connectivity index (χ0) is 11.8. The standard InChI is InChI=1S/C14H23NO/c1-4-5-9-15(3)10-11-16-14-8-6-7-13(2)12-14/h6-8,12H,4-5,9-11H2,1-3H3. The fraction of sp³-hybridized carbons (Fsp3) is 0.571. The van der Waals surface area contributed by atoms with Gasteiger partial charge in [0.2, 0.25) is 0 Å². The summed E-state index contributed by atoms with van der Waals surface area (Å²) in [5.74, 6) is 0.976. The molecule has 0 bridgehead atoms. The van der Waals surface area contributed by atoms with E-state index in [1.54, 1.807) is 0 Å². The van der Waals surface area contributed by atoms with Crippen molar-refractivity contribution in [2.45, 2.75) is 26.7 Å². The van der Waals surface area contributed by atoms with E-state index >= 15 is 0 Å². The lowest BCUT2D eigenvalue weighted by molar-refractivity contribution is 0.235. The van der Waals surface area contributed by atoms with Gasteiger partial charge in [-0.3, -0.25) is 0 Å². The number of benzene rings is 1. The summed E-state index contributed by atoms with van der Waals surface area (Å²) >= 11 is 0. The van der Waals surface area contributed by atoms with Crippen LogP contribution in [0.2, 0.25) is 0 Å². The summed E-state index contributed by atoms with van der Waals surface area (Å²) in [6, 6.07) is 8.21. The van der Waals surface area contributed by atoms with Gasteiger partial charge in [0.1, 0.15) is 12.4 Å². The Labute approximate surface area is 99.2 Å². The van der Waals surface area contributed by atoms with Gasteiger partial charge in [-0.05, 0) is 44.6 Å². The highest BCUT2D eigenvalue weighted by Gasteiger charge is 1.98. The molecule has 0 aliphatic rings. The van der Waals surface area contributed by atoms with Crippen LogP contribution in [-0.4, -0.2) is 31.6 Å². The Morgan fingerprint density at radius 1 is 1.25 bits per heavy atom. The van der Waals surface area contributed by atoms with Gasteiger partial charge in [-0.1, -0.05) is 25.5 Å². The van der Waals surface area contributed by atoms with Crippen molar-refractivity contribution >= 4 is 0 Å². The third-order valence-electron chi connectivity index (χ3n) is 2.62. The molecule has 0 unspecified atom stereocenters. The quantitative estimate of drug-likeness (QED) is 0.701. The average molecular weight is 221 g/mol. The van der Waals surface area contributed by atoms with E-state index < -0.39 is 0 Å². The van der Waals surface area contributed by atoms with E-state index in [4.69, 9.17) is 4.74 Å². The number of likely N-dealkylation sites (N-methyl/N-ethyl adjacent to an activating group) is 1. The Morgan fingerprint density at radius 3 is 2.75 bits per heavy atom. The minimum absolute atomic E-state index is 0.768. The molecule has 0 atom stereocenters. The lowest BCUT2D eigenvalue weighted by Gasteiger charge is -2.16. The second-order valence-electron chi connectivity index (χ2n) is 4.32. The van der Waals surface area contributed by atoms with Gasteiger partial charge in [0.05, 0.1) is 0 Å². The Morgan fingerprint density at radius 2 is 2.06 bits per heavy atom. The molecule has 0 radical (unpaired) electrons. The summed E-state index contributed by atoms with van der Waals surface area (Å²) in [7, 11) is 2.15. The van der Waals surface area contributed by atoms with Crippen molar-refractivity contribution in [3.63, 3.8) is 0 Å². The number of ether oxygens (including phenoxy) is 1. The summed E-state index contributed by atoms with van der Waals surface area (Å²) in [6.45, 7) is 7.22. The van der Waals surface area contributed by atoms with Crippen LogP contribution in [-0.2, 0) is 0 Å². The third-order valence-corrected chi connectivity index (χ3v) is 2.62. The minimum Gasteiger partial charge on any atom is -0.492 e. The first-order valence-corrected chi connectivity index (χ1v) is 6.10. The molecule has 0 aliphatic heterocycles. The van der Waals surface area contributed by atoms with Crippen LogP contribution in [0.3, 0.4) is 0 Å². The van der Waals surface area contributed by atoms with E-state index in [1.165, 1.54) is 18.4 Å². The van der Waals surface area contributed by atoms with Crippen molar-refractivity contribution < 1.29 is 4.74 Å². The van der Waals surface area contributed by atoms with Crippen LogP contribution < -0.4 is 4.74 Å². The van der Waals surface area contributed by atoms with Crippen molar-refractivity contribution in [1.29, 1.82) is 0 Å². The Hall–Kier alpha value is -1.02. The lowest BCUT2D eigenvalue weighted by Crippen LogP contribution is -2.25. The highest BCUT2D eigenvalue weighted by Crippen LogP contribution is 2.11. The molecule has 0 fully saturated rings. The van der Waals surface area contributed by atoms with Crippen LogP contribution >= 0.6 is 0 Å². The number of aryl methyl sites for hydroxylation is 1. The van der Waals surface area contributed by atoms with E-state index in [2.05, 4.69) is 37.9 Å². The lowest BCUT2D eigenvalue weighted by atomic mass is 10.2. The molecule has 2 nitrogen and oxygen atoms in total. The van der Waals surface area contributed by atoms with Crippen molar-refractivity contribution in [2.75, 3.05) is 26.7 Å². The molecule has 1 aromatic carbocycles. The van der Waals surface area contributed by atoms with Crippen LogP contribution in [0, 0.1) is 6.92 Å². The van der Waals surface area contributed by atoms with Gasteiger partial charge in [-0.15, -0.1) is 0 Å². The largest absolute Gasteiger partial charge is 0.492 e. The van der Waals surface area contributed by atoms with Gasteiger partial charge in [-0.25, -0.2) is 0 Å². The predicted octanol–water partition coefficient (Wildman–Crippen LogP) is 3.11. The topological polar surface area (TPSA) is 12.5 Å². The van der Waals surface area contributed by atoms with Crippen LogP contribution in [0.4, 0.5) is 0 Å². The summed E-state index contributed by atoms with van der Waals surface area (Å²) in [5.41, 5.74) is 1.25. The molecule has 90 valence electrons. The average Bonchev–Trinajstić information content (AvgIpc) is 2.26.